The van der Waals surface area contributed by atoms with Crippen LogP contribution in [0.2, 0.25) is 0 Å². The molecule has 4 N–H and O–H groups in total. The Balaban J connectivity index is 2.87. The van der Waals surface area contributed by atoms with Crippen LogP contribution in [0.15, 0.2) is 16.6 Å². The van der Waals surface area contributed by atoms with Gasteiger partial charge in [0.15, 0.2) is 0 Å². The minimum atomic E-state index is -0.575. The predicted octanol–water partition coefficient (Wildman–Crippen LogP) is 2.01. The van der Waals surface area contributed by atoms with Gasteiger partial charge in [-0.25, -0.2) is 4.39 Å². The van der Waals surface area contributed by atoms with Crippen LogP contribution in [0.5, 0.6) is 0 Å². The molecule has 0 heterocycles. The first kappa shape index (κ1) is 16.3. The van der Waals surface area contributed by atoms with E-state index in [0.29, 0.717) is 4.47 Å². The molecule has 2 unspecified atom stereocenters. The fourth-order valence-electron chi connectivity index (χ4n) is 1.55. The molecule has 0 aromatic heterocycles. The Kier molecular flexibility index (Phi) is 6.09. The molecule has 1 rings (SSSR count). The van der Waals surface area contributed by atoms with Crippen molar-refractivity contribution in [3.63, 3.8) is 0 Å². The van der Waals surface area contributed by atoms with Crippen LogP contribution >= 0.6 is 27.7 Å². The van der Waals surface area contributed by atoms with Crippen LogP contribution in [0.4, 0.5) is 10.1 Å². The molecule has 0 radical (unpaired) electrons. The van der Waals surface area contributed by atoms with E-state index >= 15 is 0 Å². The highest BCUT2D eigenvalue weighted by molar-refractivity contribution is 9.10. The summed E-state index contributed by atoms with van der Waals surface area (Å²) in [6.07, 6.45) is 1.86. The lowest BCUT2D eigenvalue weighted by molar-refractivity contribution is 0.0935. The monoisotopic (exact) mass is 350 g/mol. The normalized spacial score (nSPS) is 13.9. The van der Waals surface area contributed by atoms with Gasteiger partial charge in [0.2, 0.25) is 0 Å². The van der Waals surface area contributed by atoms with Crippen molar-refractivity contribution >= 4 is 39.3 Å². The highest BCUT2D eigenvalue weighted by atomic mass is 79.9. The van der Waals surface area contributed by atoms with Gasteiger partial charge in [-0.15, -0.1) is 0 Å². The van der Waals surface area contributed by atoms with Crippen molar-refractivity contribution < 1.29 is 14.3 Å². The Labute approximate surface area is 124 Å². The van der Waals surface area contributed by atoms with Crippen LogP contribution in [0.1, 0.15) is 17.3 Å². The molecule has 0 bridgehead atoms. The van der Waals surface area contributed by atoms with E-state index in [0.717, 1.165) is 6.07 Å². The minimum Gasteiger partial charge on any atom is -0.396 e. The Morgan fingerprint density at radius 3 is 2.79 bits per heavy atom. The van der Waals surface area contributed by atoms with Gasteiger partial charge in [0, 0.05) is 15.8 Å². The molecule has 4 nitrogen and oxygen atoms in total. The third-order valence-electron chi connectivity index (χ3n) is 2.73. The summed E-state index contributed by atoms with van der Waals surface area (Å²) in [5.41, 5.74) is 5.64. The number of nitrogen functional groups attached to an aromatic ring is 1. The highest BCUT2D eigenvalue weighted by Crippen LogP contribution is 2.23. The first-order chi connectivity index (χ1) is 8.90. The molecule has 1 amide bonds. The molecule has 7 heteroatoms. The van der Waals surface area contributed by atoms with Gasteiger partial charge in [-0.3, -0.25) is 4.79 Å². The van der Waals surface area contributed by atoms with Crippen molar-refractivity contribution in [3.05, 3.63) is 28.0 Å². The van der Waals surface area contributed by atoms with E-state index in [9.17, 15) is 9.18 Å². The summed E-state index contributed by atoms with van der Waals surface area (Å²) >= 11 is 4.60. The smallest absolute Gasteiger partial charge is 0.252 e. The Bertz CT molecular complexity index is 469. The van der Waals surface area contributed by atoms with Crippen LogP contribution in [-0.4, -0.2) is 35.2 Å². The van der Waals surface area contributed by atoms with Gasteiger partial charge in [-0.2, -0.15) is 11.8 Å². The largest absolute Gasteiger partial charge is 0.396 e. The average Bonchev–Trinajstić information content (AvgIpc) is 2.35. The van der Waals surface area contributed by atoms with Crippen molar-refractivity contribution in [2.45, 2.75) is 18.2 Å². The number of hydrogen-bond donors (Lipinski definition) is 3. The van der Waals surface area contributed by atoms with E-state index in [2.05, 4.69) is 21.2 Å². The third-order valence-corrected chi connectivity index (χ3v) is 4.55. The Morgan fingerprint density at radius 2 is 2.26 bits per heavy atom. The van der Waals surface area contributed by atoms with E-state index in [1.54, 1.807) is 6.92 Å². The number of halogens is 2. The van der Waals surface area contributed by atoms with Crippen molar-refractivity contribution in [2.75, 3.05) is 18.6 Å². The van der Waals surface area contributed by atoms with Gasteiger partial charge in [0.25, 0.3) is 5.91 Å². The van der Waals surface area contributed by atoms with Crippen LogP contribution in [0, 0.1) is 5.82 Å². The van der Waals surface area contributed by atoms with Gasteiger partial charge in [0.05, 0.1) is 17.9 Å². The number of hydrogen-bond acceptors (Lipinski definition) is 4. The number of benzene rings is 1. The molecule has 0 fully saturated rings. The number of nitrogens with one attached hydrogen (secondary N) is 1. The lowest BCUT2D eigenvalue weighted by atomic mass is 10.1. The standard InChI is InChI=1S/C12H16BrFN2O2S/c1-6(11(5-17)19-2)16-12(18)7-3-10(15)9(14)4-8(7)13/h3-4,6,11,17H,5,15H2,1-2H3,(H,16,18). The van der Waals surface area contributed by atoms with Crippen LogP contribution < -0.4 is 11.1 Å². The molecular formula is C12H16BrFN2O2S. The number of nitrogens with two attached hydrogens (primary N) is 1. The number of aliphatic hydroxyl groups excluding tert-OH is 1. The average molecular weight is 351 g/mol. The van der Waals surface area contributed by atoms with Crippen LogP contribution in [0.3, 0.4) is 0 Å². The second-order valence-corrected chi connectivity index (χ2v) is 6.00. The molecule has 0 saturated heterocycles. The van der Waals surface area contributed by atoms with Gasteiger partial charge < -0.3 is 16.2 Å². The van der Waals surface area contributed by atoms with Crippen molar-refractivity contribution in [1.29, 1.82) is 0 Å². The van der Waals surface area contributed by atoms with E-state index in [1.165, 1.54) is 17.8 Å². The van der Waals surface area contributed by atoms with E-state index in [1.807, 2.05) is 6.26 Å². The topological polar surface area (TPSA) is 75.3 Å². The van der Waals surface area contributed by atoms with E-state index in [4.69, 9.17) is 10.8 Å². The summed E-state index contributed by atoms with van der Waals surface area (Å²) in [7, 11) is 0. The third kappa shape index (κ3) is 4.09. The van der Waals surface area contributed by atoms with Crippen LogP contribution in [0.25, 0.3) is 0 Å². The molecular weight excluding hydrogens is 335 g/mol. The number of rotatable bonds is 5. The summed E-state index contributed by atoms with van der Waals surface area (Å²) in [4.78, 5) is 12.1. The molecule has 0 aliphatic carbocycles. The van der Waals surface area contributed by atoms with E-state index < -0.39 is 5.82 Å². The molecule has 106 valence electrons. The molecule has 1 aromatic carbocycles. The van der Waals surface area contributed by atoms with Gasteiger partial charge >= 0.3 is 0 Å². The second kappa shape index (κ2) is 7.12. The summed E-state index contributed by atoms with van der Waals surface area (Å²) in [5, 5.41) is 11.8. The van der Waals surface area contributed by atoms with Gasteiger partial charge in [-0.1, -0.05) is 0 Å². The summed E-state index contributed by atoms with van der Waals surface area (Å²) in [6.45, 7) is 1.77. The summed E-state index contributed by atoms with van der Waals surface area (Å²) in [5.74, 6) is -0.938. The fourth-order valence-corrected chi connectivity index (χ4v) is 2.67. The Hall–Kier alpha value is -0.790. The number of aliphatic hydroxyl groups is 1. The predicted molar refractivity (Wildman–Crippen MR) is 79.8 cm³/mol. The van der Waals surface area contributed by atoms with Crippen molar-refractivity contribution in [2.24, 2.45) is 0 Å². The minimum absolute atomic E-state index is 0.0324. The van der Waals surface area contributed by atoms with E-state index in [-0.39, 0.29) is 35.1 Å². The first-order valence-corrected chi connectivity index (χ1v) is 7.67. The maximum atomic E-state index is 13.2. The lowest BCUT2D eigenvalue weighted by Gasteiger charge is -2.21. The SMILES string of the molecule is CSC(CO)C(C)NC(=O)c1cc(N)c(F)cc1Br. The maximum absolute atomic E-state index is 13.2. The van der Waals surface area contributed by atoms with Crippen molar-refractivity contribution in [1.82, 2.24) is 5.32 Å². The summed E-state index contributed by atoms with van der Waals surface area (Å²) < 4.78 is 13.5. The fraction of sp³-hybridized carbons (Fsp3) is 0.417. The van der Waals surface area contributed by atoms with Crippen molar-refractivity contribution in [3.8, 4) is 0 Å². The molecule has 0 aliphatic heterocycles. The molecule has 0 aliphatic rings. The lowest BCUT2D eigenvalue weighted by Crippen LogP contribution is -2.41. The Morgan fingerprint density at radius 1 is 1.63 bits per heavy atom. The van der Waals surface area contributed by atoms with Gasteiger partial charge in [-0.05, 0) is 41.2 Å². The molecule has 1 aromatic rings. The quantitative estimate of drug-likeness (QED) is 0.710. The number of carbonyl (C=O) groups is 1. The molecule has 0 saturated carbocycles. The number of anilines is 1. The zero-order chi connectivity index (χ0) is 14.6. The molecule has 19 heavy (non-hydrogen) atoms. The maximum Gasteiger partial charge on any atom is 0.252 e. The molecule has 2 atom stereocenters. The zero-order valence-electron chi connectivity index (χ0n) is 10.6. The first-order valence-electron chi connectivity index (χ1n) is 5.59. The van der Waals surface area contributed by atoms with Crippen LogP contribution in [-0.2, 0) is 0 Å². The zero-order valence-corrected chi connectivity index (χ0v) is 13.0. The number of thioether (sulfide) groups is 1. The number of amides is 1. The number of carbonyl (C=O) groups excluding carboxylic acids is 1. The summed E-state index contributed by atoms with van der Waals surface area (Å²) in [6, 6.07) is 2.23. The van der Waals surface area contributed by atoms with Gasteiger partial charge in [0.1, 0.15) is 5.82 Å². The second-order valence-electron chi connectivity index (χ2n) is 4.07. The highest BCUT2D eigenvalue weighted by Gasteiger charge is 2.20. The molecule has 0 spiro atoms.